The van der Waals surface area contributed by atoms with Gasteiger partial charge in [0.25, 0.3) is 0 Å². The lowest BCUT2D eigenvalue weighted by Gasteiger charge is -2.47. The highest BCUT2D eigenvalue weighted by atomic mass is 28.2. The number of rotatable bonds is 4. The molecule has 5 rings (SSSR count). The van der Waals surface area contributed by atoms with Gasteiger partial charge in [0.1, 0.15) is 0 Å². The van der Waals surface area contributed by atoms with Gasteiger partial charge in [0.15, 0.2) is 0 Å². The van der Waals surface area contributed by atoms with E-state index in [1.54, 1.807) is 0 Å². The maximum atomic E-state index is 6.41. The Labute approximate surface area is 159 Å². The zero-order valence-electron chi connectivity index (χ0n) is 14.9. The summed E-state index contributed by atoms with van der Waals surface area (Å²) in [4.78, 5) is 0. The fourth-order valence-electron chi connectivity index (χ4n) is 5.57. The molecule has 26 heavy (non-hydrogen) atoms. The molecule has 0 bridgehead atoms. The third kappa shape index (κ3) is 2.25. The van der Waals surface area contributed by atoms with Crippen molar-refractivity contribution in [3.8, 4) is 0 Å². The molecule has 0 saturated heterocycles. The molecule has 0 heterocycles. The van der Waals surface area contributed by atoms with Crippen LogP contribution in [0, 0.1) is 5.92 Å². The fraction of sp³-hybridized carbons (Fsp3) is 0.333. The first-order valence-electron chi connectivity index (χ1n) is 9.73. The van der Waals surface area contributed by atoms with Gasteiger partial charge in [-0.1, -0.05) is 85.7 Å². The standard InChI is InChI=1S/C24H23OSi/c26-25-24(19-9-3-4-10-19,22-15-13-17-7-1-5-11-20(17)22)23-16-14-18-8-2-6-12-21(18)23/h1-2,5-8,11-16,19,22-23H,3-4,9-10H2. The van der Waals surface area contributed by atoms with E-state index < -0.39 is 0 Å². The molecule has 2 heteroatoms. The number of benzene rings is 2. The summed E-state index contributed by atoms with van der Waals surface area (Å²) in [6, 6.07) is 17.6. The highest BCUT2D eigenvalue weighted by Crippen LogP contribution is 2.56. The first-order chi connectivity index (χ1) is 12.8. The molecule has 129 valence electrons. The minimum Gasteiger partial charge on any atom is -0.411 e. The largest absolute Gasteiger partial charge is 0.411 e. The van der Waals surface area contributed by atoms with Crippen LogP contribution in [0.2, 0.25) is 0 Å². The lowest BCUT2D eigenvalue weighted by Crippen LogP contribution is -2.48. The molecule has 0 amide bonds. The summed E-state index contributed by atoms with van der Waals surface area (Å²) in [7, 11) is 3.60. The Balaban J connectivity index is 1.68. The van der Waals surface area contributed by atoms with Gasteiger partial charge in [0, 0.05) is 11.8 Å². The van der Waals surface area contributed by atoms with Gasteiger partial charge in [0.05, 0.1) is 5.60 Å². The van der Waals surface area contributed by atoms with Crippen LogP contribution >= 0.6 is 0 Å². The van der Waals surface area contributed by atoms with Crippen LogP contribution in [0.3, 0.4) is 0 Å². The Morgan fingerprint density at radius 3 is 1.77 bits per heavy atom. The summed E-state index contributed by atoms with van der Waals surface area (Å²) in [6.45, 7) is 0. The van der Waals surface area contributed by atoms with Gasteiger partial charge >= 0.3 is 0 Å². The van der Waals surface area contributed by atoms with Crippen LogP contribution < -0.4 is 0 Å². The van der Waals surface area contributed by atoms with Crippen molar-refractivity contribution >= 4 is 22.6 Å². The van der Waals surface area contributed by atoms with Gasteiger partial charge in [-0.3, -0.25) is 0 Å². The van der Waals surface area contributed by atoms with Crippen molar-refractivity contribution in [3.05, 3.63) is 82.9 Å². The molecule has 1 saturated carbocycles. The lowest BCUT2D eigenvalue weighted by atomic mass is 9.65. The highest BCUT2D eigenvalue weighted by molar-refractivity contribution is 5.98. The Hall–Kier alpha value is -1.90. The first kappa shape index (κ1) is 16.3. The Bertz CT molecular complexity index is 814. The predicted molar refractivity (Wildman–Crippen MR) is 108 cm³/mol. The van der Waals surface area contributed by atoms with E-state index in [4.69, 9.17) is 4.43 Å². The Morgan fingerprint density at radius 2 is 1.27 bits per heavy atom. The first-order valence-corrected chi connectivity index (χ1v) is 10.1. The van der Waals surface area contributed by atoms with Crippen LogP contribution in [-0.4, -0.2) is 16.1 Å². The van der Waals surface area contributed by atoms with Gasteiger partial charge in [-0.2, -0.15) is 0 Å². The van der Waals surface area contributed by atoms with Crippen molar-refractivity contribution in [1.29, 1.82) is 0 Å². The number of fused-ring (bicyclic) bond motifs is 2. The number of hydrogen-bond acceptors (Lipinski definition) is 1. The van der Waals surface area contributed by atoms with E-state index in [1.807, 2.05) is 0 Å². The van der Waals surface area contributed by atoms with E-state index in [0.717, 1.165) is 0 Å². The normalized spacial score (nSPS) is 26.0. The fourth-order valence-corrected chi connectivity index (χ4v) is 6.00. The molecular formula is C24H23OSi. The molecule has 2 unspecified atom stereocenters. The molecule has 1 nitrogen and oxygen atoms in total. The summed E-state index contributed by atoms with van der Waals surface area (Å²) in [6.07, 6.45) is 14.4. The molecule has 2 aromatic rings. The minimum absolute atomic E-state index is 0.264. The van der Waals surface area contributed by atoms with Crippen LogP contribution in [0.1, 0.15) is 59.8 Å². The molecule has 0 aromatic heterocycles. The van der Waals surface area contributed by atoms with Crippen molar-refractivity contribution in [3.63, 3.8) is 0 Å². The summed E-state index contributed by atoms with van der Waals surface area (Å²) >= 11 is 0. The van der Waals surface area contributed by atoms with Crippen LogP contribution in [0.25, 0.3) is 12.2 Å². The van der Waals surface area contributed by atoms with E-state index in [1.165, 1.54) is 47.9 Å². The maximum Gasteiger partial charge on any atom is 0.247 e. The summed E-state index contributed by atoms with van der Waals surface area (Å²) < 4.78 is 6.41. The zero-order chi connectivity index (χ0) is 17.6. The molecule has 3 aliphatic rings. The van der Waals surface area contributed by atoms with Gasteiger partial charge in [-0.05, 0) is 41.0 Å². The van der Waals surface area contributed by atoms with Crippen LogP contribution in [-0.2, 0) is 4.43 Å². The van der Waals surface area contributed by atoms with Gasteiger partial charge in [-0.25, -0.2) is 0 Å². The summed E-state index contributed by atoms with van der Waals surface area (Å²) in [5.41, 5.74) is 5.17. The van der Waals surface area contributed by atoms with Gasteiger partial charge in [0.2, 0.25) is 10.5 Å². The monoisotopic (exact) mass is 355 g/mol. The van der Waals surface area contributed by atoms with E-state index in [9.17, 15) is 0 Å². The van der Waals surface area contributed by atoms with Crippen molar-refractivity contribution < 1.29 is 4.43 Å². The quantitative estimate of drug-likeness (QED) is 0.645. The smallest absolute Gasteiger partial charge is 0.247 e. The molecule has 3 radical (unpaired) electrons. The summed E-state index contributed by atoms with van der Waals surface area (Å²) in [5, 5.41) is 0. The zero-order valence-corrected chi connectivity index (χ0v) is 15.9. The molecule has 0 spiro atoms. The SMILES string of the molecule is [Si]OC(C1CCCC1)(C1C=Cc2ccccc21)C1C=Cc2ccccc21. The lowest BCUT2D eigenvalue weighted by molar-refractivity contribution is -0.00877. The molecule has 2 atom stereocenters. The van der Waals surface area contributed by atoms with Crippen molar-refractivity contribution in [1.82, 2.24) is 0 Å². The van der Waals surface area contributed by atoms with E-state index in [-0.39, 0.29) is 17.4 Å². The molecule has 1 fully saturated rings. The Kier molecular flexibility index (Phi) is 3.99. The highest BCUT2D eigenvalue weighted by Gasteiger charge is 2.53. The van der Waals surface area contributed by atoms with Crippen LogP contribution in [0.15, 0.2) is 60.7 Å². The van der Waals surface area contributed by atoms with E-state index >= 15 is 0 Å². The summed E-state index contributed by atoms with van der Waals surface area (Å²) in [5.74, 6) is 1.07. The van der Waals surface area contributed by atoms with Crippen molar-refractivity contribution in [2.75, 3.05) is 0 Å². The van der Waals surface area contributed by atoms with Crippen molar-refractivity contribution in [2.24, 2.45) is 5.92 Å². The van der Waals surface area contributed by atoms with Crippen LogP contribution in [0.4, 0.5) is 0 Å². The average molecular weight is 356 g/mol. The van der Waals surface area contributed by atoms with Gasteiger partial charge < -0.3 is 4.43 Å². The number of hydrogen-bond donors (Lipinski definition) is 0. The third-order valence-electron chi connectivity index (χ3n) is 6.74. The van der Waals surface area contributed by atoms with Gasteiger partial charge in [-0.15, -0.1) is 0 Å². The third-order valence-corrected chi connectivity index (χ3v) is 7.09. The molecule has 3 aliphatic carbocycles. The van der Waals surface area contributed by atoms with E-state index in [2.05, 4.69) is 83.3 Å². The van der Waals surface area contributed by atoms with Crippen LogP contribution in [0.5, 0.6) is 0 Å². The predicted octanol–water partition coefficient (Wildman–Crippen LogP) is 5.64. The second kappa shape index (κ2) is 6.36. The molecule has 0 N–H and O–H groups in total. The second-order valence-corrected chi connectivity index (χ2v) is 8.07. The second-order valence-electron chi connectivity index (χ2n) is 7.87. The van der Waals surface area contributed by atoms with E-state index in [0.29, 0.717) is 5.92 Å². The molecule has 2 aromatic carbocycles. The molecular weight excluding hydrogens is 332 g/mol. The topological polar surface area (TPSA) is 9.23 Å². The Morgan fingerprint density at radius 1 is 0.769 bits per heavy atom. The minimum atomic E-state index is -0.292. The maximum absolute atomic E-state index is 6.41. The average Bonchev–Trinajstić information content (AvgIpc) is 3.44. The van der Waals surface area contributed by atoms with Crippen molar-refractivity contribution in [2.45, 2.75) is 43.1 Å². The molecule has 0 aliphatic heterocycles.